The molecule has 1 amide bonds. The molecule has 0 unspecified atom stereocenters. The van der Waals surface area contributed by atoms with Crippen LogP contribution in [0.25, 0.3) is 16.6 Å². The van der Waals surface area contributed by atoms with Crippen LogP contribution in [0.2, 0.25) is 0 Å². The van der Waals surface area contributed by atoms with Crippen LogP contribution in [0.4, 0.5) is 5.82 Å². The molecular weight excluding hydrogens is 384 g/mol. The fourth-order valence-corrected chi connectivity index (χ4v) is 3.35. The van der Waals surface area contributed by atoms with Gasteiger partial charge < -0.3 is 9.84 Å². The van der Waals surface area contributed by atoms with E-state index in [9.17, 15) is 9.59 Å². The van der Waals surface area contributed by atoms with Crippen LogP contribution >= 0.6 is 0 Å². The van der Waals surface area contributed by atoms with Crippen LogP contribution in [0.15, 0.2) is 45.8 Å². The lowest BCUT2D eigenvalue weighted by Gasteiger charge is -2.12. The van der Waals surface area contributed by atoms with E-state index in [1.807, 2.05) is 45.0 Å². The van der Waals surface area contributed by atoms with Crippen molar-refractivity contribution in [2.75, 3.05) is 5.32 Å². The van der Waals surface area contributed by atoms with Crippen LogP contribution in [0, 0.1) is 13.8 Å². The molecule has 0 aliphatic heterocycles. The summed E-state index contributed by atoms with van der Waals surface area (Å²) in [6, 6.07) is 9.29. The Morgan fingerprint density at radius 2 is 2.00 bits per heavy atom. The predicted octanol–water partition coefficient (Wildman–Crippen LogP) is 2.95. The van der Waals surface area contributed by atoms with Gasteiger partial charge in [0.2, 0.25) is 5.91 Å². The molecule has 0 fully saturated rings. The van der Waals surface area contributed by atoms with Gasteiger partial charge in [-0.25, -0.2) is 9.36 Å². The molecule has 0 saturated carbocycles. The number of aromatic nitrogens is 5. The highest BCUT2D eigenvalue weighted by Crippen LogP contribution is 2.24. The SMILES string of the molecule is Cc1cc(NC(=O)Cn2nc(C(C)C)c3cnn(-c4ccccc4C)c3c2=O)no1. The van der Waals surface area contributed by atoms with Gasteiger partial charge in [-0.15, -0.1) is 0 Å². The first-order valence-corrected chi connectivity index (χ1v) is 9.63. The lowest BCUT2D eigenvalue weighted by molar-refractivity contribution is -0.117. The zero-order valence-electron chi connectivity index (χ0n) is 17.2. The van der Waals surface area contributed by atoms with Crippen molar-refractivity contribution in [3.8, 4) is 5.69 Å². The van der Waals surface area contributed by atoms with Crippen molar-refractivity contribution in [1.82, 2.24) is 24.7 Å². The number of hydrogen-bond acceptors (Lipinski definition) is 6. The molecule has 3 heterocycles. The Bertz CT molecular complexity index is 1300. The number of fused-ring (bicyclic) bond motifs is 1. The molecule has 4 aromatic rings. The number of anilines is 1. The molecule has 0 bridgehead atoms. The van der Waals surface area contributed by atoms with E-state index in [4.69, 9.17) is 4.52 Å². The zero-order valence-corrected chi connectivity index (χ0v) is 17.2. The Balaban J connectivity index is 1.81. The Labute approximate surface area is 172 Å². The quantitative estimate of drug-likeness (QED) is 0.546. The Kier molecular flexibility index (Phi) is 4.94. The molecule has 154 valence electrons. The lowest BCUT2D eigenvalue weighted by atomic mass is 10.1. The molecule has 0 saturated heterocycles. The van der Waals surface area contributed by atoms with Gasteiger partial charge in [-0.1, -0.05) is 37.2 Å². The van der Waals surface area contributed by atoms with Gasteiger partial charge in [0, 0.05) is 11.5 Å². The van der Waals surface area contributed by atoms with Gasteiger partial charge in [-0.05, 0) is 31.4 Å². The highest BCUT2D eigenvalue weighted by molar-refractivity contribution is 5.90. The highest BCUT2D eigenvalue weighted by Gasteiger charge is 2.20. The van der Waals surface area contributed by atoms with Crippen molar-refractivity contribution in [1.29, 1.82) is 0 Å². The third-order valence-corrected chi connectivity index (χ3v) is 4.79. The number of para-hydroxylation sites is 1. The minimum Gasteiger partial charge on any atom is -0.360 e. The van der Waals surface area contributed by atoms with Gasteiger partial charge in [-0.3, -0.25) is 9.59 Å². The third-order valence-electron chi connectivity index (χ3n) is 4.79. The number of nitrogens with zero attached hydrogens (tertiary/aromatic N) is 5. The highest BCUT2D eigenvalue weighted by atomic mass is 16.5. The van der Waals surface area contributed by atoms with Crippen molar-refractivity contribution >= 4 is 22.6 Å². The minimum atomic E-state index is -0.422. The van der Waals surface area contributed by atoms with Gasteiger partial charge in [0.05, 0.1) is 17.6 Å². The van der Waals surface area contributed by atoms with Crippen LogP contribution in [0.1, 0.15) is 36.8 Å². The molecule has 1 aromatic carbocycles. The molecule has 1 N–H and O–H groups in total. The van der Waals surface area contributed by atoms with Gasteiger partial charge >= 0.3 is 0 Å². The normalized spacial score (nSPS) is 11.4. The van der Waals surface area contributed by atoms with Crippen molar-refractivity contribution in [2.45, 2.75) is 40.2 Å². The number of rotatable bonds is 5. The summed E-state index contributed by atoms with van der Waals surface area (Å²) in [4.78, 5) is 25.8. The van der Waals surface area contributed by atoms with E-state index in [0.29, 0.717) is 28.2 Å². The molecule has 30 heavy (non-hydrogen) atoms. The number of carbonyl (C=O) groups is 1. The first-order chi connectivity index (χ1) is 14.3. The number of hydrogen-bond donors (Lipinski definition) is 1. The van der Waals surface area contributed by atoms with E-state index in [-0.39, 0.29) is 18.0 Å². The van der Waals surface area contributed by atoms with Gasteiger partial charge in [0.25, 0.3) is 5.56 Å². The second-order valence-electron chi connectivity index (χ2n) is 7.48. The Hall–Kier alpha value is -3.75. The van der Waals surface area contributed by atoms with E-state index in [1.165, 1.54) is 4.68 Å². The second-order valence-corrected chi connectivity index (χ2v) is 7.48. The number of aryl methyl sites for hydroxylation is 2. The van der Waals surface area contributed by atoms with E-state index in [0.717, 1.165) is 11.3 Å². The molecule has 9 heteroatoms. The maximum atomic E-state index is 13.3. The van der Waals surface area contributed by atoms with Crippen molar-refractivity contribution < 1.29 is 9.32 Å². The van der Waals surface area contributed by atoms with Crippen molar-refractivity contribution in [3.63, 3.8) is 0 Å². The summed E-state index contributed by atoms with van der Waals surface area (Å²) in [5, 5.41) is 16.0. The summed E-state index contributed by atoms with van der Waals surface area (Å²) in [6.45, 7) is 7.41. The maximum Gasteiger partial charge on any atom is 0.293 e. The summed E-state index contributed by atoms with van der Waals surface area (Å²) >= 11 is 0. The number of carbonyl (C=O) groups excluding carboxylic acids is 1. The van der Waals surface area contributed by atoms with E-state index in [1.54, 1.807) is 23.9 Å². The lowest BCUT2D eigenvalue weighted by Crippen LogP contribution is -2.31. The Morgan fingerprint density at radius 3 is 2.67 bits per heavy atom. The number of benzene rings is 1. The average molecular weight is 406 g/mol. The largest absolute Gasteiger partial charge is 0.360 e. The van der Waals surface area contributed by atoms with Crippen molar-refractivity contribution in [2.24, 2.45) is 0 Å². The number of nitrogens with one attached hydrogen (secondary N) is 1. The molecule has 9 nitrogen and oxygen atoms in total. The fraction of sp³-hybridized carbons (Fsp3) is 0.286. The maximum absolute atomic E-state index is 13.3. The minimum absolute atomic E-state index is 0.0371. The molecule has 0 atom stereocenters. The topological polar surface area (TPSA) is 108 Å². The smallest absolute Gasteiger partial charge is 0.293 e. The monoisotopic (exact) mass is 406 g/mol. The first-order valence-electron chi connectivity index (χ1n) is 9.63. The molecular formula is C21H22N6O3. The zero-order chi connectivity index (χ0) is 21.4. The second kappa shape index (κ2) is 7.58. The molecule has 0 aliphatic rings. The molecule has 0 spiro atoms. The Morgan fingerprint density at radius 1 is 1.23 bits per heavy atom. The van der Waals surface area contributed by atoms with Crippen LogP contribution in [-0.4, -0.2) is 30.6 Å². The van der Waals surface area contributed by atoms with Crippen molar-refractivity contribution in [3.05, 3.63) is 63.9 Å². The molecule has 0 aliphatic carbocycles. The summed E-state index contributed by atoms with van der Waals surface area (Å²) < 4.78 is 7.75. The van der Waals surface area contributed by atoms with Gasteiger partial charge in [0.15, 0.2) is 5.82 Å². The van der Waals surface area contributed by atoms with Crippen LogP contribution in [0.3, 0.4) is 0 Å². The third kappa shape index (κ3) is 3.49. The summed E-state index contributed by atoms with van der Waals surface area (Å²) in [5.41, 5.74) is 2.50. The summed E-state index contributed by atoms with van der Waals surface area (Å²) in [7, 11) is 0. The number of amides is 1. The van der Waals surface area contributed by atoms with Crippen LogP contribution in [-0.2, 0) is 11.3 Å². The first kappa shape index (κ1) is 19.6. The van der Waals surface area contributed by atoms with Crippen LogP contribution in [0.5, 0.6) is 0 Å². The van der Waals surface area contributed by atoms with E-state index in [2.05, 4.69) is 20.7 Å². The van der Waals surface area contributed by atoms with E-state index >= 15 is 0 Å². The summed E-state index contributed by atoms with van der Waals surface area (Å²) in [6.07, 6.45) is 1.66. The van der Waals surface area contributed by atoms with Crippen LogP contribution < -0.4 is 10.9 Å². The molecule has 0 radical (unpaired) electrons. The van der Waals surface area contributed by atoms with E-state index < -0.39 is 5.91 Å². The molecule has 3 aromatic heterocycles. The summed E-state index contributed by atoms with van der Waals surface area (Å²) in [5.74, 6) is 0.482. The standard InChI is InChI=1S/C21H22N6O3/c1-12(2)19-15-10-22-27(16-8-6-5-7-13(16)3)20(15)21(29)26(24-19)11-18(28)23-17-9-14(4)30-25-17/h5-10,12H,11H2,1-4H3,(H,23,25,28). The predicted molar refractivity (Wildman–Crippen MR) is 112 cm³/mol. The van der Waals surface area contributed by atoms with Gasteiger partial charge in [-0.2, -0.15) is 10.2 Å². The fourth-order valence-electron chi connectivity index (χ4n) is 3.35. The van der Waals surface area contributed by atoms with Gasteiger partial charge in [0.1, 0.15) is 17.8 Å². The molecule has 4 rings (SSSR count). The average Bonchev–Trinajstić information content (AvgIpc) is 3.30.